The van der Waals surface area contributed by atoms with E-state index in [0.29, 0.717) is 0 Å². The largest absolute Gasteiger partial charge is 0.310 e. The van der Waals surface area contributed by atoms with Gasteiger partial charge in [0.2, 0.25) is 0 Å². The van der Waals surface area contributed by atoms with Crippen LogP contribution in [0.2, 0.25) is 0 Å². The summed E-state index contributed by atoms with van der Waals surface area (Å²) >= 11 is 0. The number of hydrogen-bond donors (Lipinski definition) is 1. The minimum atomic E-state index is 0.741. The lowest BCUT2D eigenvalue weighted by Gasteiger charge is -2.31. The van der Waals surface area contributed by atoms with E-state index < -0.39 is 0 Å². The van der Waals surface area contributed by atoms with E-state index in [2.05, 4.69) is 49.5 Å². The molecule has 1 heteroatoms. The molecule has 1 aromatic carbocycles. The molecule has 0 aromatic heterocycles. The second kappa shape index (κ2) is 6.20. The van der Waals surface area contributed by atoms with Crippen LogP contribution in [0.15, 0.2) is 30.3 Å². The zero-order valence-electron chi connectivity index (χ0n) is 11.2. The van der Waals surface area contributed by atoms with Crippen molar-refractivity contribution in [2.75, 3.05) is 0 Å². The van der Waals surface area contributed by atoms with E-state index >= 15 is 0 Å². The zero-order valence-corrected chi connectivity index (χ0v) is 11.2. The van der Waals surface area contributed by atoms with Crippen LogP contribution in [0, 0.1) is 11.8 Å². The summed E-state index contributed by atoms with van der Waals surface area (Å²) < 4.78 is 0. The van der Waals surface area contributed by atoms with Crippen LogP contribution < -0.4 is 5.32 Å². The highest BCUT2D eigenvalue weighted by molar-refractivity contribution is 5.14. The SMILES string of the molecule is CC(C)[C@H]1CC[C@H](NCc2ccccc2)CC1. The Morgan fingerprint density at radius 1 is 1.06 bits per heavy atom. The van der Waals surface area contributed by atoms with Gasteiger partial charge in [0, 0.05) is 12.6 Å². The number of benzene rings is 1. The van der Waals surface area contributed by atoms with E-state index in [-0.39, 0.29) is 0 Å². The lowest BCUT2D eigenvalue weighted by molar-refractivity contribution is 0.238. The fourth-order valence-electron chi connectivity index (χ4n) is 2.85. The molecule has 0 amide bonds. The van der Waals surface area contributed by atoms with Crippen molar-refractivity contribution in [3.8, 4) is 0 Å². The number of nitrogens with one attached hydrogen (secondary N) is 1. The third-order valence-electron chi connectivity index (χ3n) is 4.15. The summed E-state index contributed by atoms with van der Waals surface area (Å²) in [7, 11) is 0. The average molecular weight is 231 g/mol. The smallest absolute Gasteiger partial charge is 0.0208 e. The lowest BCUT2D eigenvalue weighted by atomic mass is 9.80. The maximum Gasteiger partial charge on any atom is 0.0208 e. The van der Waals surface area contributed by atoms with Gasteiger partial charge in [-0.05, 0) is 43.1 Å². The second-order valence-corrected chi connectivity index (χ2v) is 5.72. The second-order valence-electron chi connectivity index (χ2n) is 5.72. The van der Waals surface area contributed by atoms with E-state index in [0.717, 1.165) is 24.4 Å². The highest BCUT2D eigenvalue weighted by atomic mass is 14.9. The van der Waals surface area contributed by atoms with Crippen molar-refractivity contribution in [2.24, 2.45) is 11.8 Å². The molecule has 1 saturated carbocycles. The van der Waals surface area contributed by atoms with Crippen LogP contribution in [0.5, 0.6) is 0 Å². The van der Waals surface area contributed by atoms with Gasteiger partial charge in [0.15, 0.2) is 0 Å². The van der Waals surface area contributed by atoms with Crippen LogP contribution in [-0.4, -0.2) is 6.04 Å². The Morgan fingerprint density at radius 3 is 2.29 bits per heavy atom. The Hall–Kier alpha value is -0.820. The third kappa shape index (κ3) is 3.85. The van der Waals surface area contributed by atoms with Crippen molar-refractivity contribution in [1.29, 1.82) is 0 Å². The first kappa shape index (κ1) is 12.6. The summed E-state index contributed by atoms with van der Waals surface area (Å²) in [5, 5.41) is 3.70. The molecule has 0 heterocycles. The van der Waals surface area contributed by atoms with Crippen molar-refractivity contribution in [1.82, 2.24) is 5.32 Å². The van der Waals surface area contributed by atoms with Crippen LogP contribution in [0.1, 0.15) is 45.1 Å². The minimum absolute atomic E-state index is 0.741. The highest BCUT2D eigenvalue weighted by Gasteiger charge is 2.22. The van der Waals surface area contributed by atoms with Crippen LogP contribution in [-0.2, 0) is 6.54 Å². The van der Waals surface area contributed by atoms with Crippen LogP contribution in [0.25, 0.3) is 0 Å². The fraction of sp³-hybridized carbons (Fsp3) is 0.625. The van der Waals surface area contributed by atoms with Crippen molar-refractivity contribution >= 4 is 0 Å². The molecule has 17 heavy (non-hydrogen) atoms. The topological polar surface area (TPSA) is 12.0 Å². The normalized spacial score (nSPS) is 25.1. The van der Waals surface area contributed by atoms with Gasteiger partial charge in [-0.2, -0.15) is 0 Å². The molecule has 0 aliphatic heterocycles. The number of hydrogen-bond acceptors (Lipinski definition) is 1. The molecule has 1 aromatic rings. The van der Waals surface area contributed by atoms with Crippen LogP contribution >= 0.6 is 0 Å². The molecule has 0 bridgehead atoms. The molecule has 1 fully saturated rings. The number of rotatable bonds is 4. The molecule has 0 unspecified atom stereocenters. The molecule has 0 saturated heterocycles. The predicted molar refractivity (Wildman–Crippen MR) is 73.9 cm³/mol. The molecule has 0 radical (unpaired) electrons. The van der Waals surface area contributed by atoms with E-state index in [9.17, 15) is 0 Å². The summed E-state index contributed by atoms with van der Waals surface area (Å²) in [5.41, 5.74) is 1.40. The maximum absolute atomic E-state index is 3.70. The van der Waals surface area contributed by atoms with E-state index in [1.165, 1.54) is 31.2 Å². The van der Waals surface area contributed by atoms with Gasteiger partial charge in [0.1, 0.15) is 0 Å². The lowest BCUT2D eigenvalue weighted by Crippen LogP contribution is -2.33. The molecule has 1 aliphatic carbocycles. The first-order chi connectivity index (χ1) is 8.25. The standard InChI is InChI=1S/C16H25N/c1-13(2)15-8-10-16(11-9-15)17-12-14-6-4-3-5-7-14/h3-7,13,15-17H,8-12H2,1-2H3/t15-,16-. The minimum Gasteiger partial charge on any atom is -0.310 e. The Kier molecular flexibility index (Phi) is 4.61. The summed E-state index contributed by atoms with van der Waals surface area (Å²) in [5.74, 6) is 1.83. The van der Waals surface area contributed by atoms with Crippen molar-refractivity contribution in [3.63, 3.8) is 0 Å². The summed E-state index contributed by atoms with van der Waals surface area (Å²) in [6, 6.07) is 11.5. The summed E-state index contributed by atoms with van der Waals surface area (Å²) in [6.07, 6.45) is 5.53. The zero-order chi connectivity index (χ0) is 12.1. The molecule has 2 rings (SSSR count). The monoisotopic (exact) mass is 231 g/mol. The van der Waals surface area contributed by atoms with Gasteiger partial charge >= 0.3 is 0 Å². The molecule has 0 atom stereocenters. The van der Waals surface area contributed by atoms with Gasteiger partial charge < -0.3 is 5.32 Å². The Labute approximate surface area is 106 Å². The molecule has 0 spiro atoms. The Balaban J connectivity index is 1.72. The first-order valence-corrected chi connectivity index (χ1v) is 7.03. The van der Waals surface area contributed by atoms with Gasteiger partial charge in [-0.1, -0.05) is 44.2 Å². The Morgan fingerprint density at radius 2 is 1.71 bits per heavy atom. The third-order valence-corrected chi connectivity index (χ3v) is 4.15. The molecular weight excluding hydrogens is 206 g/mol. The first-order valence-electron chi connectivity index (χ1n) is 7.03. The predicted octanol–water partition coefficient (Wildman–Crippen LogP) is 3.99. The van der Waals surface area contributed by atoms with Gasteiger partial charge in [-0.15, -0.1) is 0 Å². The Bertz CT molecular complexity index is 310. The van der Waals surface area contributed by atoms with E-state index in [4.69, 9.17) is 0 Å². The van der Waals surface area contributed by atoms with Gasteiger partial charge in [0.05, 0.1) is 0 Å². The van der Waals surface area contributed by atoms with Crippen molar-refractivity contribution < 1.29 is 0 Å². The van der Waals surface area contributed by atoms with Crippen molar-refractivity contribution in [3.05, 3.63) is 35.9 Å². The van der Waals surface area contributed by atoms with Gasteiger partial charge in [-0.25, -0.2) is 0 Å². The highest BCUT2D eigenvalue weighted by Crippen LogP contribution is 2.29. The fourth-order valence-corrected chi connectivity index (χ4v) is 2.85. The van der Waals surface area contributed by atoms with Crippen LogP contribution in [0.3, 0.4) is 0 Å². The summed E-state index contributed by atoms with van der Waals surface area (Å²) in [4.78, 5) is 0. The average Bonchev–Trinajstić information content (AvgIpc) is 2.38. The molecule has 1 N–H and O–H groups in total. The molecule has 1 nitrogen and oxygen atoms in total. The van der Waals surface area contributed by atoms with Crippen LogP contribution in [0.4, 0.5) is 0 Å². The molecule has 94 valence electrons. The van der Waals surface area contributed by atoms with E-state index in [1.807, 2.05) is 0 Å². The molecular formula is C16H25N. The quantitative estimate of drug-likeness (QED) is 0.826. The van der Waals surface area contributed by atoms with Gasteiger partial charge in [-0.3, -0.25) is 0 Å². The summed E-state index contributed by atoms with van der Waals surface area (Å²) in [6.45, 7) is 5.75. The van der Waals surface area contributed by atoms with Gasteiger partial charge in [0.25, 0.3) is 0 Å². The maximum atomic E-state index is 3.70. The molecule has 1 aliphatic rings. The van der Waals surface area contributed by atoms with Crippen molar-refractivity contribution in [2.45, 2.75) is 52.1 Å². The van der Waals surface area contributed by atoms with E-state index in [1.54, 1.807) is 0 Å².